The van der Waals surface area contributed by atoms with Crippen molar-refractivity contribution in [3.8, 4) is 5.75 Å². The molecule has 0 bridgehead atoms. The smallest absolute Gasteiger partial charge is 0.349 e. The maximum absolute atomic E-state index is 12.5. The van der Waals surface area contributed by atoms with E-state index in [1.54, 1.807) is 18.2 Å². The highest BCUT2D eigenvalue weighted by molar-refractivity contribution is 5.97. The molecule has 0 aliphatic carbocycles. The van der Waals surface area contributed by atoms with Crippen molar-refractivity contribution in [2.75, 3.05) is 43.5 Å². The molecule has 1 saturated heterocycles. The number of carbonyl (C=O) groups excluding carboxylic acids is 1. The fourth-order valence-corrected chi connectivity index (χ4v) is 3.62. The number of amides is 1. The number of nitrogens with zero attached hydrogens (tertiary/aromatic N) is 3. The van der Waals surface area contributed by atoms with Gasteiger partial charge in [0.05, 0.1) is 7.11 Å². The lowest BCUT2D eigenvalue weighted by atomic mass is 10.1. The van der Waals surface area contributed by atoms with Gasteiger partial charge in [-0.15, -0.1) is 0 Å². The Morgan fingerprint density at radius 1 is 1.19 bits per heavy atom. The number of carbonyl (C=O) groups is 1. The van der Waals surface area contributed by atoms with Gasteiger partial charge >= 0.3 is 5.63 Å². The van der Waals surface area contributed by atoms with Crippen LogP contribution < -0.4 is 25.9 Å². The molecule has 162 valence electrons. The molecule has 1 aromatic carbocycles. The first-order valence-corrected chi connectivity index (χ1v) is 10.3. The molecule has 9 heteroatoms. The molecule has 0 unspecified atom stereocenters. The molecular weight excluding hydrogens is 398 g/mol. The number of hydrogen-bond donors (Lipinski definition) is 2. The Hall–Kier alpha value is -3.62. The number of rotatable bonds is 7. The van der Waals surface area contributed by atoms with Crippen molar-refractivity contribution in [1.29, 1.82) is 0 Å². The van der Waals surface area contributed by atoms with E-state index in [0.717, 1.165) is 24.6 Å². The summed E-state index contributed by atoms with van der Waals surface area (Å²) in [5.41, 5.74) is 0.440. The van der Waals surface area contributed by atoms with Crippen LogP contribution in [-0.2, 0) is 0 Å². The minimum Gasteiger partial charge on any atom is -0.493 e. The molecule has 2 N–H and O–H groups in total. The largest absolute Gasteiger partial charge is 0.493 e. The van der Waals surface area contributed by atoms with Crippen molar-refractivity contribution < 1.29 is 13.9 Å². The Bertz CT molecular complexity index is 1150. The number of methoxy groups -OCH3 is 1. The van der Waals surface area contributed by atoms with E-state index in [-0.39, 0.29) is 5.56 Å². The quantitative estimate of drug-likeness (QED) is 0.440. The molecule has 0 radical (unpaired) electrons. The van der Waals surface area contributed by atoms with E-state index in [0.29, 0.717) is 35.8 Å². The van der Waals surface area contributed by atoms with Crippen LogP contribution >= 0.6 is 0 Å². The van der Waals surface area contributed by atoms with Gasteiger partial charge in [0.1, 0.15) is 11.4 Å². The van der Waals surface area contributed by atoms with Gasteiger partial charge in [0.25, 0.3) is 5.91 Å². The van der Waals surface area contributed by atoms with Crippen LogP contribution in [0.4, 0.5) is 11.8 Å². The molecule has 1 fully saturated rings. The average molecular weight is 423 g/mol. The Labute approximate surface area is 179 Å². The summed E-state index contributed by atoms with van der Waals surface area (Å²) in [5.74, 6) is 1.38. The molecule has 9 nitrogen and oxygen atoms in total. The van der Waals surface area contributed by atoms with Crippen LogP contribution in [0.15, 0.2) is 39.5 Å². The van der Waals surface area contributed by atoms with Crippen molar-refractivity contribution in [3.05, 3.63) is 52.0 Å². The Kier molecular flexibility index (Phi) is 6.01. The third kappa shape index (κ3) is 4.60. The number of aryl methyl sites for hydroxylation is 1. The van der Waals surface area contributed by atoms with Crippen LogP contribution in [0, 0.1) is 6.92 Å². The van der Waals surface area contributed by atoms with Crippen LogP contribution in [0.2, 0.25) is 0 Å². The molecule has 31 heavy (non-hydrogen) atoms. The van der Waals surface area contributed by atoms with E-state index in [2.05, 4.69) is 25.5 Å². The van der Waals surface area contributed by atoms with Crippen LogP contribution in [0.1, 0.15) is 28.9 Å². The maximum Gasteiger partial charge on any atom is 0.349 e. The van der Waals surface area contributed by atoms with E-state index >= 15 is 0 Å². The Balaban J connectivity index is 1.38. The second-order valence-electron chi connectivity index (χ2n) is 7.39. The van der Waals surface area contributed by atoms with Gasteiger partial charge in [0.2, 0.25) is 5.95 Å². The standard InChI is InChI=1S/C22H25N5O4/c1-14-12-18(27-10-3-4-11-27)26-22(25-14)24-9-8-23-20(28)16-13-15-6-5-7-17(30-2)19(15)31-21(16)29/h5-7,12-13H,3-4,8-11H2,1-2H3,(H,23,28)(H,24,25,26). The monoisotopic (exact) mass is 423 g/mol. The molecule has 0 saturated carbocycles. The van der Waals surface area contributed by atoms with Gasteiger partial charge < -0.3 is 24.7 Å². The van der Waals surface area contributed by atoms with Gasteiger partial charge in [-0.2, -0.15) is 4.98 Å². The molecular formula is C22H25N5O4. The Morgan fingerprint density at radius 3 is 2.77 bits per heavy atom. The number of fused-ring (bicyclic) bond motifs is 1. The van der Waals surface area contributed by atoms with Gasteiger partial charge in [0.15, 0.2) is 11.3 Å². The first kappa shape index (κ1) is 20.6. The van der Waals surface area contributed by atoms with Crippen molar-refractivity contribution in [2.24, 2.45) is 0 Å². The molecule has 2 aromatic heterocycles. The molecule has 3 heterocycles. The highest BCUT2D eigenvalue weighted by atomic mass is 16.5. The second-order valence-corrected chi connectivity index (χ2v) is 7.39. The summed E-state index contributed by atoms with van der Waals surface area (Å²) in [4.78, 5) is 36.0. The summed E-state index contributed by atoms with van der Waals surface area (Å²) in [6.45, 7) is 4.66. The second kappa shape index (κ2) is 9.03. The Morgan fingerprint density at radius 2 is 2.00 bits per heavy atom. The summed E-state index contributed by atoms with van der Waals surface area (Å²) >= 11 is 0. The number of ether oxygens (including phenoxy) is 1. The topological polar surface area (TPSA) is 110 Å². The van der Waals surface area contributed by atoms with E-state index in [1.807, 2.05) is 13.0 Å². The van der Waals surface area contributed by atoms with Crippen molar-refractivity contribution in [1.82, 2.24) is 15.3 Å². The zero-order valence-corrected chi connectivity index (χ0v) is 17.6. The summed E-state index contributed by atoms with van der Waals surface area (Å²) in [7, 11) is 1.49. The molecule has 0 spiro atoms. The third-order valence-corrected chi connectivity index (χ3v) is 5.15. The average Bonchev–Trinajstić information content (AvgIpc) is 3.30. The number of benzene rings is 1. The zero-order chi connectivity index (χ0) is 21.8. The molecule has 4 rings (SSSR count). The normalized spacial score (nSPS) is 13.4. The number of hydrogen-bond acceptors (Lipinski definition) is 8. The predicted octanol–water partition coefficient (Wildman–Crippen LogP) is 2.34. The fraction of sp³-hybridized carbons (Fsp3) is 0.364. The van der Waals surface area contributed by atoms with Crippen molar-refractivity contribution in [3.63, 3.8) is 0 Å². The van der Waals surface area contributed by atoms with E-state index in [4.69, 9.17) is 9.15 Å². The molecule has 0 atom stereocenters. The summed E-state index contributed by atoms with van der Waals surface area (Å²) in [6.07, 6.45) is 2.35. The van der Waals surface area contributed by atoms with Crippen molar-refractivity contribution >= 4 is 28.6 Å². The maximum atomic E-state index is 12.5. The van der Waals surface area contributed by atoms with E-state index < -0.39 is 11.5 Å². The zero-order valence-electron chi connectivity index (χ0n) is 17.6. The first-order valence-electron chi connectivity index (χ1n) is 10.3. The molecule has 1 aliphatic heterocycles. The first-order chi connectivity index (χ1) is 15.0. The predicted molar refractivity (Wildman–Crippen MR) is 118 cm³/mol. The van der Waals surface area contributed by atoms with Gasteiger partial charge in [-0.3, -0.25) is 4.79 Å². The van der Waals surface area contributed by atoms with E-state index in [1.165, 1.54) is 26.0 Å². The third-order valence-electron chi connectivity index (χ3n) is 5.15. The number of nitrogens with one attached hydrogen (secondary N) is 2. The highest BCUT2D eigenvalue weighted by Crippen LogP contribution is 2.24. The van der Waals surface area contributed by atoms with Crippen LogP contribution in [0.25, 0.3) is 11.0 Å². The lowest BCUT2D eigenvalue weighted by molar-refractivity contribution is 0.0951. The molecule has 1 aliphatic rings. The highest BCUT2D eigenvalue weighted by Gasteiger charge is 2.16. The molecule has 3 aromatic rings. The van der Waals surface area contributed by atoms with Crippen molar-refractivity contribution in [2.45, 2.75) is 19.8 Å². The van der Waals surface area contributed by atoms with E-state index in [9.17, 15) is 9.59 Å². The fourth-order valence-electron chi connectivity index (χ4n) is 3.62. The summed E-state index contributed by atoms with van der Waals surface area (Å²) in [6, 6.07) is 8.71. The lowest BCUT2D eigenvalue weighted by Crippen LogP contribution is -2.32. The minimum atomic E-state index is -0.709. The van der Waals surface area contributed by atoms with Gasteiger partial charge in [-0.05, 0) is 31.9 Å². The van der Waals surface area contributed by atoms with Gasteiger partial charge in [0, 0.05) is 43.3 Å². The number of anilines is 2. The SMILES string of the molecule is COc1cccc2cc(C(=O)NCCNc3nc(C)cc(N4CCCC4)n3)c(=O)oc12. The summed E-state index contributed by atoms with van der Waals surface area (Å²) in [5, 5.41) is 6.48. The lowest BCUT2D eigenvalue weighted by Gasteiger charge is -2.17. The van der Waals surface area contributed by atoms with Crippen LogP contribution in [0.5, 0.6) is 5.75 Å². The van der Waals surface area contributed by atoms with Crippen LogP contribution in [0.3, 0.4) is 0 Å². The number of aromatic nitrogens is 2. The molecule has 1 amide bonds. The summed E-state index contributed by atoms with van der Waals surface area (Å²) < 4.78 is 10.5. The minimum absolute atomic E-state index is 0.0520. The number of para-hydroxylation sites is 1. The van der Waals surface area contributed by atoms with Gasteiger partial charge in [-0.1, -0.05) is 12.1 Å². The van der Waals surface area contributed by atoms with Gasteiger partial charge in [-0.25, -0.2) is 9.78 Å². The van der Waals surface area contributed by atoms with Crippen LogP contribution in [-0.4, -0.2) is 49.2 Å².